The molecular formula is C22H24N3O+. The number of benzene rings is 2. The zero-order valence-electron chi connectivity index (χ0n) is 14.8. The number of hydrazine groups is 1. The van der Waals surface area contributed by atoms with Crippen molar-refractivity contribution in [3.05, 3.63) is 97.1 Å². The average molecular weight is 346 g/mol. The Hall–Kier alpha value is -2.98. The lowest BCUT2D eigenvalue weighted by Crippen LogP contribution is -2.43. The van der Waals surface area contributed by atoms with Gasteiger partial charge in [0.05, 0.1) is 0 Å². The van der Waals surface area contributed by atoms with E-state index in [0.29, 0.717) is 13.1 Å². The molecule has 4 nitrogen and oxygen atoms in total. The largest absolute Gasteiger partial charge is 0.298 e. The Morgan fingerprint density at radius 2 is 1.54 bits per heavy atom. The molecule has 1 aliphatic heterocycles. The normalized spacial score (nSPS) is 21.0. The maximum Gasteiger partial charge on any atom is 0.298 e. The second kappa shape index (κ2) is 8.41. The highest BCUT2D eigenvalue weighted by Crippen LogP contribution is 2.28. The van der Waals surface area contributed by atoms with Gasteiger partial charge in [-0.25, -0.2) is 0 Å². The molecule has 1 N–H and O–H groups in total. The van der Waals surface area contributed by atoms with Gasteiger partial charge in [0.25, 0.3) is 5.91 Å². The van der Waals surface area contributed by atoms with E-state index in [-0.39, 0.29) is 18.0 Å². The van der Waals surface area contributed by atoms with E-state index < -0.39 is 0 Å². The van der Waals surface area contributed by atoms with E-state index in [1.54, 1.807) is 0 Å². The first-order valence-electron chi connectivity index (χ1n) is 8.74. The fourth-order valence-corrected chi connectivity index (χ4v) is 3.36. The Balaban J connectivity index is 2.05. The molecule has 2 aromatic carbocycles. The van der Waals surface area contributed by atoms with Crippen LogP contribution in [0.2, 0.25) is 0 Å². The number of carbonyl (C=O) groups excluding carboxylic acids is 1. The second-order valence-electron chi connectivity index (χ2n) is 6.25. The number of hydrogen-bond donors (Lipinski definition) is 1. The Labute approximate surface area is 154 Å². The van der Waals surface area contributed by atoms with E-state index in [9.17, 15) is 4.79 Å². The molecule has 4 heteroatoms. The van der Waals surface area contributed by atoms with Crippen molar-refractivity contribution in [2.24, 2.45) is 0 Å². The van der Waals surface area contributed by atoms with Gasteiger partial charge in [0.2, 0.25) is 12.3 Å². The summed E-state index contributed by atoms with van der Waals surface area (Å²) in [5, 5.41) is 0. The number of rotatable bonds is 7. The van der Waals surface area contributed by atoms with Crippen molar-refractivity contribution in [3.8, 4) is 0 Å². The van der Waals surface area contributed by atoms with E-state index in [0.717, 1.165) is 11.1 Å². The molecular weight excluding hydrogens is 322 g/mol. The van der Waals surface area contributed by atoms with E-state index >= 15 is 0 Å². The SMILES string of the molecule is C=CCN(CC=C)[C@H]1C(=O)N/[N+](=C\c2ccccc2)[C@@H]1c1ccccc1. The number of amides is 1. The molecule has 0 aromatic heterocycles. The van der Waals surface area contributed by atoms with Gasteiger partial charge in [0.15, 0.2) is 6.04 Å². The molecule has 26 heavy (non-hydrogen) atoms. The zero-order valence-corrected chi connectivity index (χ0v) is 14.8. The maximum absolute atomic E-state index is 12.9. The average Bonchev–Trinajstić information content (AvgIpc) is 2.98. The fourth-order valence-electron chi connectivity index (χ4n) is 3.36. The first-order chi connectivity index (χ1) is 12.7. The lowest BCUT2D eigenvalue weighted by Gasteiger charge is -2.25. The maximum atomic E-state index is 12.9. The summed E-state index contributed by atoms with van der Waals surface area (Å²) >= 11 is 0. The number of nitrogens with one attached hydrogen (secondary N) is 1. The topological polar surface area (TPSA) is 35.4 Å². The van der Waals surface area contributed by atoms with E-state index in [4.69, 9.17) is 0 Å². The Bertz CT molecular complexity index is 789. The van der Waals surface area contributed by atoms with Crippen LogP contribution in [-0.4, -0.2) is 40.8 Å². The first kappa shape index (κ1) is 17.8. The van der Waals surface area contributed by atoms with E-state index in [1.165, 1.54) is 0 Å². The molecule has 132 valence electrons. The van der Waals surface area contributed by atoms with Crippen molar-refractivity contribution in [1.29, 1.82) is 0 Å². The van der Waals surface area contributed by atoms with E-state index in [2.05, 4.69) is 35.6 Å². The molecule has 1 heterocycles. The summed E-state index contributed by atoms with van der Waals surface area (Å²) in [5.41, 5.74) is 5.15. The minimum Gasteiger partial charge on any atom is -0.278 e. The predicted molar refractivity (Wildman–Crippen MR) is 105 cm³/mol. The van der Waals surface area contributed by atoms with Crippen LogP contribution >= 0.6 is 0 Å². The van der Waals surface area contributed by atoms with Crippen LogP contribution in [0.5, 0.6) is 0 Å². The van der Waals surface area contributed by atoms with Gasteiger partial charge in [0, 0.05) is 24.2 Å². The molecule has 3 rings (SSSR count). The quantitative estimate of drug-likeness (QED) is 0.618. The van der Waals surface area contributed by atoms with Gasteiger partial charge in [-0.05, 0) is 12.1 Å². The van der Waals surface area contributed by atoms with Crippen LogP contribution in [0.1, 0.15) is 17.2 Å². The van der Waals surface area contributed by atoms with Crippen LogP contribution in [0, 0.1) is 0 Å². The lowest BCUT2D eigenvalue weighted by molar-refractivity contribution is -0.597. The van der Waals surface area contributed by atoms with Crippen LogP contribution < -0.4 is 5.43 Å². The Morgan fingerprint density at radius 1 is 0.962 bits per heavy atom. The van der Waals surface area contributed by atoms with Crippen LogP contribution in [0.25, 0.3) is 0 Å². The number of hydrogen-bond acceptors (Lipinski definition) is 2. The standard InChI is InChI=1S/C22H23N3O/c1-3-15-24(16-4-2)21-20(19-13-9-6-10-14-19)25(23-22(21)26)17-18-11-7-5-8-12-18/h3-14,17,20-21H,1-2,15-16H2/p+1/b25-17-/t20-,21-/m1/s1. The highest BCUT2D eigenvalue weighted by Gasteiger charge is 2.49. The molecule has 0 unspecified atom stereocenters. The summed E-state index contributed by atoms with van der Waals surface area (Å²) in [4.78, 5) is 15.0. The van der Waals surface area contributed by atoms with Gasteiger partial charge in [-0.15, -0.1) is 23.3 Å². The minimum atomic E-state index is -0.326. The van der Waals surface area contributed by atoms with Gasteiger partial charge in [0.1, 0.15) is 0 Å². The van der Waals surface area contributed by atoms with Crippen LogP contribution in [0.4, 0.5) is 0 Å². The molecule has 0 aliphatic carbocycles. The molecule has 1 saturated heterocycles. The summed E-state index contributed by atoms with van der Waals surface area (Å²) < 4.78 is 1.91. The number of carbonyl (C=O) groups is 1. The summed E-state index contributed by atoms with van der Waals surface area (Å²) in [6.07, 6.45) is 5.63. The van der Waals surface area contributed by atoms with Crippen molar-refractivity contribution < 1.29 is 9.48 Å². The monoisotopic (exact) mass is 346 g/mol. The molecule has 1 fully saturated rings. The first-order valence-corrected chi connectivity index (χ1v) is 8.74. The third-order valence-corrected chi connectivity index (χ3v) is 4.46. The van der Waals surface area contributed by atoms with Crippen LogP contribution in [0.15, 0.2) is 86.0 Å². The molecule has 0 radical (unpaired) electrons. The lowest BCUT2D eigenvalue weighted by atomic mass is 9.98. The minimum absolute atomic E-state index is 0.0188. The van der Waals surface area contributed by atoms with Crippen molar-refractivity contribution in [2.75, 3.05) is 13.1 Å². The molecule has 1 amide bonds. The van der Waals surface area contributed by atoms with Crippen LogP contribution in [0.3, 0.4) is 0 Å². The molecule has 0 spiro atoms. The van der Waals surface area contributed by atoms with Crippen molar-refractivity contribution in [2.45, 2.75) is 12.1 Å². The molecule has 0 bridgehead atoms. The van der Waals surface area contributed by atoms with Gasteiger partial charge < -0.3 is 0 Å². The molecule has 1 aliphatic rings. The second-order valence-corrected chi connectivity index (χ2v) is 6.25. The van der Waals surface area contributed by atoms with Gasteiger partial charge in [-0.1, -0.05) is 60.7 Å². The fraction of sp³-hybridized carbons (Fsp3) is 0.182. The summed E-state index contributed by atoms with van der Waals surface area (Å²) in [5.74, 6) is -0.0188. The summed E-state index contributed by atoms with van der Waals surface area (Å²) in [6.45, 7) is 8.90. The van der Waals surface area contributed by atoms with Crippen molar-refractivity contribution in [3.63, 3.8) is 0 Å². The van der Waals surface area contributed by atoms with Gasteiger partial charge in [-0.2, -0.15) is 0 Å². The highest BCUT2D eigenvalue weighted by molar-refractivity contribution is 5.85. The van der Waals surface area contributed by atoms with Gasteiger partial charge >= 0.3 is 0 Å². The zero-order chi connectivity index (χ0) is 18.4. The molecule has 0 saturated carbocycles. The number of hydrazone groups is 1. The molecule has 2 atom stereocenters. The Kier molecular flexibility index (Phi) is 5.77. The summed E-state index contributed by atoms with van der Waals surface area (Å²) in [7, 11) is 0. The van der Waals surface area contributed by atoms with Crippen molar-refractivity contribution >= 4 is 12.1 Å². The van der Waals surface area contributed by atoms with Crippen LogP contribution in [-0.2, 0) is 4.79 Å². The summed E-state index contributed by atoms with van der Waals surface area (Å²) in [6, 6.07) is 19.6. The number of nitrogens with zero attached hydrogens (tertiary/aromatic N) is 2. The van der Waals surface area contributed by atoms with Gasteiger partial charge in [-0.3, -0.25) is 9.69 Å². The predicted octanol–water partition coefficient (Wildman–Crippen LogP) is 2.95. The third kappa shape index (κ3) is 3.81. The smallest absolute Gasteiger partial charge is 0.278 e. The molecule has 2 aromatic rings. The highest BCUT2D eigenvalue weighted by atomic mass is 16.2. The Morgan fingerprint density at radius 3 is 2.12 bits per heavy atom. The van der Waals surface area contributed by atoms with Crippen molar-refractivity contribution in [1.82, 2.24) is 10.3 Å². The van der Waals surface area contributed by atoms with E-state index in [1.807, 2.05) is 71.6 Å². The third-order valence-electron chi connectivity index (χ3n) is 4.46.